The lowest BCUT2D eigenvalue weighted by Crippen LogP contribution is -2.04. The number of benzene rings is 1. The average Bonchev–Trinajstić information content (AvgIpc) is 2.45. The molecule has 5 heteroatoms. The number of aromatic nitrogens is 2. The molecule has 0 aliphatic heterocycles. The van der Waals surface area contributed by atoms with Crippen molar-refractivity contribution in [2.75, 3.05) is 0 Å². The Bertz CT molecular complexity index is 580. The average molecular weight is 274 g/mol. The molecule has 0 saturated carbocycles. The van der Waals surface area contributed by atoms with Gasteiger partial charge in [0.2, 0.25) is 0 Å². The summed E-state index contributed by atoms with van der Waals surface area (Å²) >= 11 is 0. The number of nitrogens with zero attached hydrogens (tertiary/aromatic N) is 2. The van der Waals surface area contributed by atoms with Crippen LogP contribution in [0, 0.1) is 6.92 Å². The van der Waals surface area contributed by atoms with Crippen LogP contribution in [0.5, 0.6) is 5.75 Å². The van der Waals surface area contributed by atoms with Crippen molar-refractivity contribution in [1.29, 1.82) is 0 Å². The lowest BCUT2D eigenvalue weighted by molar-refractivity contribution is 0.0686. The van der Waals surface area contributed by atoms with Crippen LogP contribution in [0.1, 0.15) is 41.2 Å². The molecule has 0 fully saturated rings. The second-order valence-electron chi connectivity index (χ2n) is 3.99. The van der Waals surface area contributed by atoms with Crippen molar-refractivity contribution in [2.24, 2.45) is 0 Å². The third-order valence-corrected chi connectivity index (χ3v) is 2.59. The van der Waals surface area contributed by atoms with Gasteiger partial charge in [0.1, 0.15) is 6.33 Å². The SMILES string of the molecule is CC.Cc1ccc(Cc2ncnc(C(=O)O)c2O)cc1. The van der Waals surface area contributed by atoms with Gasteiger partial charge in [-0.3, -0.25) is 0 Å². The predicted octanol–water partition coefficient (Wildman–Crippen LogP) is 2.81. The fourth-order valence-electron chi connectivity index (χ4n) is 1.60. The number of aryl methyl sites for hydroxylation is 1. The first-order chi connectivity index (χ1) is 9.58. The van der Waals surface area contributed by atoms with Crippen LogP contribution in [-0.2, 0) is 6.42 Å². The number of hydrogen-bond donors (Lipinski definition) is 2. The molecule has 0 bridgehead atoms. The van der Waals surface area contributed by atoms with Crippen LogP contribution in [0.2, 0.25) is 0 Å². The minimum absolute atomic E-state index is 0.311. The largest absolute Gasteiger partial charge is 0.504 e. The van der Waals surface area contributed by atoms with Crippen molar-refractivity contribution >= 4 is 5.97 Å². The molecule has 0 amide bonds. The number of hydrogen-bond acceptors (Lipinski definition) is 4. The van der Waals surface area contributed by atoms with Crippen molar-refractivity contribution in [1.82, 2.24) is 9.97 Å². The van der Waals surface area contributed by atoms with E-state index in [0.29, 0.717) is 12.1 Å². The molecule has 2 N–H and O–H groups in total. The molecule has 0 radical (unpaired) electrons. The summed E-state index contributed by atoms with van der Waals surface area (Å²) in [5.41, 5.74) is 2.03. The van der Waals surface area contributed by atoms with Gasteiger partial charge in [-0.2, -0.15) is 0 Å². The summed E-state index contributed by atoms with van der Waals surface area (Å²) < 4.78 is 0. The normalized spacial score (nSPS) is 9.55. The van der Waals surface area contributed by atoms with Gasteiger partial charge in [0.25, 0.3) is 0 Å². The van der Waals surface area contributed by atoms with Crippen LogP contribution in [0.25, 0.3) is 0 Å². The van der Waals surface area contributed by atoms with Gasteiger partial charge in [-0.25, -0.2) is 14.8 Å². The van der Waals surface area contributed by atoms with E-state index in [1.165, 1.54) is 0 Å². The van der Waals surface area contributed by atoms with Crippen molar-refractivity contribution < 1.29 is 15.0 Å². The third kappa shape index (κ3) is 3.78. The Balaban J connectivity index is 0.000000956. The van der Waals surface area contributed by atoms with E-state index < -0.39 is 5.97 Å². The standard InChI is InChI=1S/C13H12N2O3.C2H6/c1-8-2-4-9(5-3-8)6-10-12(16)11(13(17)18)15-7-14-10;1-2/h2-5,7,16H,6H2,1H3,(H,17,18);1-2H3. The third-order valence-electron chi connectivity index (χ3n) is 2.59. The molecule has 0 aliphatic carbocycles. The second kappa shape index (κ2) is 7.23. The number of carboxylic acid groups (broad SMARTS) is 1. The van der Waals surface area contributed by atoms with Gasteiger partial charge in [0, 0.05) is 6.42 Å². The van der Waals surface area contributed by atoms with Gasteiger partial charge >= 0.3 is 5.97 Å². The molecule has 0 spiro atoms. The number of rotatable bonds is 3. The van der Waals surface area contributed by atoms with Crippen LogP contribution in [0.15, 0.2) is 30.6 Å². The van der Waals surface area contributed by atoms with Crippen molar-refractivity contribution in [3.8, 4) is 5.75 Å². The van der Waals surface area contributed by atoms with E-state index in [1.54, 1.807) is 0 Å². The quantitative estimate of drug-likeness (QED) is 0.899. The van der Waals surface area contributed by atoms with Crippen LogP contribution in [0.3, 0.4) is 0 Å². The van der Waals surface area contributed by atoms with Crippen LogP contribution in [-0.4, -0.2) is 26.2 Å². The summed E-state index contributed by atoms with van der Waals surface area (Å²) in [6.07, 6.45) is 1.52. The fraction of sp³-hybridized carbons (Fsp3) is 0.267. The summed E-state index contributed by atoms with van der Waals surface area (Å²) in [4.78, 5) is 18.3. The lowest BCUT2D eigenvalue weighted by Gasteiger charge is -2.05. The van der Waals surface area contributed by atoms with Gasteiger partial charge in [0.05, 0.1) is 5.69 Å². The van der Waals surface area contributed by atoms with Gasteiger partial charge in [-0.05, 0) is 12.5 Å². The maximum atomic E-state index is 10.8. The molecule has 106 valence electrons. The second-order valence-corrected chi connectivity index (χ2v) is 3.99. The summed E-state index contributed by atoms with van der Waals surface area (Å²) in [5.74, 6) is -1.63. The van der Waals surface area contributed by atoms with E-state index in [9.17, 15) is 9.90 Å². The van der Waals surface area contributed by atoms with Gasteiger partial charge < -0.3 is 10.2 Å². The molecule has 0 aliphatic rings. The van der Waals surface area contributed by atoms with Crippen molar-refractivity contribution in [3.05, 3.63) is 53.1 Å². The minimum atomic E-state index is -1.26. The molecule has 0 atom stereocenters. The number of carbonyl (C=O) groups is 1. The predicted molar refractivity (Wildman–Crippen MR) is 76.0 cm³/mol. The Morgan fingerprint density at radius 2 is 1.75 bits per heavy atom. The first kappa shape index (κ1) is 15.6. The highest BCUT2D eigenvalue weighted by Crippen LogP contribution is 2.21. The zero-order chi connectivity index (χ0) is 15.1. The summed E-state index contributed by atoms with van der Waals surface area (Å²) in [6.45, 7) is 5.98. The molecule has 0 saturated heterocycles. The van der Waals surface area contributed by atoms with E-state index in [-0.39, 0.29) is 11.4 Å². The molecule has 2 rings (SSSR count). The Kier molecular flexibility index (Phi) is 5.65. The lowest BCUT2D eigenvalue weighted by atomic mass is 10.1. The maximum absolute atomic E-state index is 10.8. The van der Waals surface area contributed by atoms with E-state index in [2.05, 4.69) is 9.97 Å². The summed E-state index contributed by atoms with van der Waals surface area (Å²) in [6, 6.07) is 7.73. The molecule has 1 heterocycles. The first-order valence-electron chi connectivity index (χ1n) is 6.39. The Morgan fingerprint density at radius 3 is 2.30 bits per heavy atom. The molecular weight excluding hydrogens is 256 g/mol. The first-order valence-corrected chi connectivity index (χ1v) is 6.39. The Labute approximate surface area is 118 Å². The summed E-state index contributed by atoms with van der Waals surface area (Å²) in [5, 5.41) is 18.6. The number of aromatic hydroxyl groups is 1. The molecule has 20 heavy (non-hydrogen) atoms. The van der Waals surface area contributed by atoms with E-state index >= 15 is 0 Å². The van der Waals surface area contributed by atoms with Crippen LogP contribution in [0.4, 0.5) is 0 Å². The molecule has 1 aromatic heterocycles. The molecule has 2 aromatic rings. The Hall–Kier alpha value is -2.43. The highest BCUT2D eigenvalue weighted by Gasteiger charge is 2.16. The zero-order valence-electron chi connectivity index (χ0n) is 11.8. The van der Waals surface area contributed by atoms with Gasteiger partial charge in [-0.15, -0.1) is 0 Å². The van der Waals surface area contributed by atoms with Crippen LogP contribution >= 0.6 is 0 Å². The van der Waals surface area contributed by atoms with Gasteiger partial charge in [0.15, 0.2) is 11.4 Å². The number of aromatic carboxylic acids is 1. The van der Waals surface area contributed by atoms with E-state index in [0.717, 1.165) is 17.5 Å². The molecular formula is C15H18N2O3. The number of carboxylic acids is 1. The van der Waals surface area contributed by atoms with Crippen molar-refractivity contribution in [2.45, 2.75) is 27.2 Å². The smallest absolute Gasteiger partial charge is 0.358 e. The minimum Gasteiger partial charge on any atom is -0.504 e. The van der Waals surface area contributed by atoms with Crippen LogP contribution < -0.4 is 0 Å². The highest BCUT2D eigenvalue weighted by molar-refractivity contribution is 5.88. The van der Waals surface area contributed by atoms with Gasteiger partial charge in [-0.1, -0.05) is 43.7 Å². The fourth-order valence-corrected chi connectivity index (χ4v) is 1.60. The monoisotopic (exact) mass is 274 g/mol. The van der Waals surface area contributed by atoms with E-state index in [1.807, 2.05) is 45.0 Å². The maximum Gasteiger partial charge on any atom is 0.358 e. The zero-order valence-corrected chi connectivity index (χ0v) is 11.8. The Morgan fingerprint density at radius 1 is 1.15 bits per heavy atom. The highest BCUT2D eigenvalue weighted by atomic mass is 16.4. The molecule has 0 unspecified atom stereocenters. The summed E-state index contributed by atoms with van der Waals surface area (Å²) in [7, 11) is 0. The van der Waals surface area contributed by atoms with E-state index in [4.69, 9.17) is 5.11 Å². The molecule has 5 nitrogen and oxygen atoms in total. The topological polar surface area (TPSA) is 83.3 Å². The molecule has 1 aromatic carbocycles. The van der Waals surface area contributed by atoms with Crippen molar-refractivity contribution in [3.63, 3.8) is 0 Å².